The monoisotopic (exact) mass is 356 g/mol. The van der Waals surface area contributed by atoms with Crippen molar-refractivity contribution in [1.29, 1.82) is 0 Å². The summed E-state index contributed by atoms with van der Waals surface area (Å²) in [6, 6.07) is 10.6. The van der Waals surface area contributed by atoms with Crippen molar-refractivity contribution in [3.8, 4) is 0 Å². The summed E-state index contributed by atoms with van der Waals surface area (Å²) in [5, 5.41) is 0.732. The predicted octanol–water partition coefficient (Wildman–Crippen LogP) is 2.95. The summed E-state index contributed by atoms with van der Waals surface area (Å²) in [6.45, 7) is 2.82. The number of amides is 1. The summed E-state index contributed by atoms with van der Waals surface area (Å²) >= 11 is 1.40. The number of amidine groups is 1. The fourth-order valence-electron chi connectivity index (χ4n) is 2.96. The number of aromatic nitrogens is 1. The van der Waals surface area contributed by atoms with E-state index in [4.69, 9.17) is 0 Å². The first-order chi connectivity index (χ1) is 12.2. The maximum Gasteiger partial charge on any atom is 0.286 e. The molecule has 2 aliphatic heterocycles. The summed E-state index contributed by atoms with van der Waals surface area (Å²) in [5.74, 6) is -0.402. The molecule has 1 fully saturated rings. The maximum atomic E-state index is 13.9. The summed E-state index contributed by atoms with van der Waals surface area (Å²) in [7, 11) is 0. The van der Waals surface area contributed by atoms with Gasteiger partial charge in [-0.25, -0.2) is 4.39 Å². The van der Waals surface area contributed by atoms with Crippen molar-refractivity contribution in [1.82, 2.24) is 9.88 Å². The molecule has 0 spiro atoms. The molecule has 5 nitrogen and oxygen atoms in total. The van der Waals surface area contributed by atoms with Gasteiger partial charge in [-0.15, -0.1) is 0 Å². The second-order valence-electron chi connectivity index (χ2n) is 5.86. The van der Waals surface area contributed by atoms with E-state index in [2.05, 4.69) is 14.9 Å². The molecule has 3 heterocycles. The Kier molecular flexibility index (Phi) is 4.31. The van der Waals surface area contributed by atoms with Crippen molar-refractivity contribution in [3.63, 3.8) is 0 Å². The number of hydrogen-bond donors (Lipinski definition) is 1. The minimum Gasteiger partial charge on any atom is -0.366 e. The van der Waals surface area contributed by atoms with E-state index in [0.29, 0.717) is 36.8 Å². The van der Waals surface area contributed by atoms with E-state index in [0.717, 1.165) is 10.9 Å². The van der Waals surface area contributed by atoms with Gasteiger partial charge in [0.2, 0.25) is 0 Å². The number of benzene rings is 1. The Morgan fingerprint density at radius 3 is 2.56 bits per heavy atom. The topological polar surface area (TPSA) is 51.7 Å². The van der Waals surface area contributed by atoms with E-state index in [9.17, 15) is 9.18 Å². The van der Waals surface area contributed by atoms with Gasteiger partial charge >= 0.3 is 0 Å². The van der Waals surface area contributed by atoms with Crippen molar-refractivity contribution in [3.05, 3.63) is 59.0 Å². The highest BCUT2D eigenvalue weighted by Crippen LogP contribution is 2.31. The van der Waals surface area contributed by atoms with Crippen LogP contribution in [-0.4, -0.2) is 47.1 Å². The zero-order valence-electron chi connectivity index (χ0n) is 13.5. The molecule has 0 radical (unpaired) electrons. The van der Waals surface area contributed by atoms with Crippen LogP contribution in [0.3, 0.4) is 0 Å². The van der Waals surface area contributed by atoms with Gasteiger partial charge in [0.25, 0.3) is 5.91 Å². The van der Waals surface area contributed by atoms with Gasteiger partial charge in [-0.2, -0.15) is 4.99 Å². The van der Waals surface area contributed by atoms with Gasteiger partial charge in [-0.05, 0) is 42.1 Å². The number of hydrogen-bond acceptors (Lipinski definition) is 4. The van der Waals surface area contributed by atoms with Gasteiger partial charge in [0.1, 0.15) is 5.82 Å². The average molecular weight is 356 g/mol. The van der Waals surface area contributed by atoms with Crippen LogP contribution in [0.1, 0.15) is 5.69 Å². The summed E-state index contributed by atoms with van der Waals surface area (Å²) in [4.78, 5) is 24.1. The lowest BCUT2D eigenvalue weighted by Gasteiger charge is -2.36. The average Bonchev–Trinajstić information content (AvgIpc) is 3.26. The minimum atomic E-state index is -0.203. The standard InChI is InChI=1S/C18H17FN4OS/c19-14-5-1-2-6-15(14)22-8-10-23(11-9-22)18-21-17(24)16(25-18)12-13-4-3-7-20-13/h1-7,12,20H,8-11H2/b16-12+. The van der Waals surface area contributed by atoms with Gasteiger partial charge in [-0.1, -0.05) is 12.1 Å². The number of anilines is 1. The van der Waals surface area contributed by atoms with Gasteiger partial charge in [0, 0.05) is 38.1 Å². The third-order valence-electron chi connectivity index (χ3n) is 4.26. The SMILES string of the molecule is O=C1N=C(N2CCN(c3ccccc3F)CC2)S/C1=C/c1ccc[nH]1. The smallest absolute Gasteiger partial charge is 0.286 e. The number of H-pyrrole nitrogens is 1. The van der Waals surface area contributed by atoms with Crippen LogP contribution in [0.15, 0.2) is 52.5 Å². The van der Waals surface area contributed by atoms with E-state index in [-0.39, 0.29) is 11.7 Å². The Hall–Kier alpha value is -2.54. The second-order valence-corrected chi connectivity index (χ2v) is 6.87. The van der Waals surface area contributed by atoms with Gasteiger partial charge in [0.05, 0.1) is 10.6 Å². The van der Waals surface area contributed by atoms with Crippen LogP contribution in [0.5, 0.6) is 0 Å². The van der Waals surface area contributed by atoms with Crippen molar-refractivity contribution >= 4 is 34.6 Å². The number of aliphatic imine (C=N–C) groups is 1. The van der Waals surface area contributed by atoms with Crippen molar-refractivity contribution in [2.45, 2.75) is 0 Å². The first-order valence-electron chi connectivity index (χ1n) is 8.11. The Bertz CT molecular complexity index is 839. The molecule has 0 bridgehead atoms. The van der Waals surface area contributed by atoms with Crippen molar-refractivity contribution in [2.75, 3.05) is 31.1 Å². The summed E-state index contributed by atoms with van der Waals surface area (Å²) in [6.07, 6.45) is 3.64. The fourth-order valence-corrected chi connectivity index (χ4v) is 3.91. The summed E-state index contributed by atoms with van der Waals surface area (Å²) < 4.78 is 13.9. The number of halogens is 1. The number of thioether (sulfide) groups is 1. The highest BCUT2D eigenvalue weighted by Gasteiger charge is 2.29. The molecule has 1 N–H and O–H groups in total. The molecule has 128 valence electrons. The van der Waals surface area contributed by atoms with Crippen molar-refractivity contribution < 1.29 is 9.18 Å². The number of rotatable bonds is 2. The van der Waals surface area contributed by atoms with Crippen LogP contribution in [0.4, 0.5) is 10.1 Å². The molecule has 0 atom stereocenters. The van der Waals surface area contributed by atoms with Gasteiger partial charge in [-0.3, -0.25) is 4.79 Å². The number of nitrogens with zero attached hydrogens (tertiary/aromatic N) is 3. The third kappa shape index (κ3) is 3.32. The highest BCUT2D eigenvalue weighted by molar-refractivity contribution is 8.18. The highest BCUT2D eigenvalue weighted by atomic mass is 32.2. The lowest BCUT2D eigenvalue weighted by molar-refractivity contribution is -0.113. The number of aromatic amines is 1. The molecule has 0 saturated carbocycles. The largest absolute Gasteiger partial charge is 0.366 e. The molecule has 1 aromatic heterocycles. The first-order valence-corrected chi connectivity index (χ1v) is 8.93. The second kappa shape index (κ2) is 6.76. The van der Waals surface area contributed by atoms with Crippen LogP contribution in [0, 0.1) is 5.82 Å². The van der Waals surface area contributed by atoms with Crippen LogP contribution in [0.25, 0.3) is 6.08 Å². The van der Waals surface area contributed by atoms with E-state index in [1.54, 1.807) is 12.1 Å². The molecule has 2 aromatic rings. The van der Waals surface area contributed by atoms with E-state index in [1.165, 1.54) is 17.8 Å². The number of carbonyl (C=O) groups excluding carboxylic acids is 1. The third-order valence-corrected chi connectivity index (χ3v) is 5.31. The van der Waals surface area contributed by atoms with E-state index in [1.807, 2.05) is 35.4 Å². The molecule has 1 saturated heterocycles. The minimum absolute atomic E-state index is 0.199. The predicted molar refractivity (Wildman–Crippen MR) is 99.0 cm³/mol. The number of nitrogens with one attached hydrogen (secondary N) is 1. The number of carbonyl (C=O) groups is 1. The molecule has 0 unspecified atom stereocenters. The lowest BCUT2D eigenvalue weighted by atomic mass is 10.2. The van der Waals surface area contributed by atoms with Crippen LogP contribution in [0.2, 0.25) is 0 Å². The van der Waals surface area contributed by atoms with Gasteiger partial charge in [0.15, 0.2) is 5.17 Å². The van der Waals surface area contributed by atoms with Gasteiger partial charge < -0.3 is 14.8 Å². The zero-order valence-corrected chi connectivity index (χ0v) is 14.3. The first kappa shape index (κ1) is 16.0. The van der Waals surface area contributed by atoms with E-state index < -0.39 is 0 Å². The molecule has 0 aliphatic carbocycles. The molecule has 2 aliphatic rings. The quantitative estimate of drug-likeness (QED) is 0.841. The molecular formula is C18H17FN4OS. The van der Waals surface area contributed by atoms with E-state index >= 15 is 0 Å². The maximum absolute atomic E-state index is 13.9. The molecule has 4 rings (SSSR count). The molecule has 25 heavy (non-hydrogen) atoms. The molecule has 7 heteroatoms. The number of piperazine rings is 1. The molecule has 1 aromatic carbocycles. The Labute approximate surface area is 149 Å². The van der Waals surface area contributed by atoms with Crippen molar-refractivity contribution in [2.24, 2.45) is 4.99 Å². The Morgan fingerprint density at radius 1 is 1.08 bits per heavy atom. The molecular weight excluding hydrogens is 339 g/mol. The summed E-state index contributed by atoms with van der Waals surface area (Å²) in [5.41, 5.74) is 1.52. The molecule has 1 amide bonds. The fraction of sp³-hybridized carbons (Fsp3) is 0.222. The number of para-hydroxylation sites is 1. The normalized spacial score (nSPS) is 19.6. The Morgan fingerprint density at radius 2 is 1.84 bits per heavy atom. The lowest BCUT2D eigenvalue weighted by Crippen LogP contribution is -2.48. The van der Waals surface area contributed by atoms with Crippen LogP contribution < -0.4 is 4.90 Å². The van der Waals surface area contributed by atoms with Crippen LogP contribution >= 0.6 is 11.8 Å². The zero-order chi connectivity index (χ0) is 17.2. The Balaban J connectivity index is 1.41. The van der Waals surface area contributed by atoms with Crippen LogP contribution in [-0.2, 0) is 4.79 Å².